The predicted octanol–water partition coefficient (Wildman–Crippen LogP) is 3.74. The molecule has 0 radical (unpaired) electrons. The first-order valence-corrected chi connectivity index (χ1v) is 20.5. The Bertz CT molecular complexity index is 2280. The molecule has 62 heavy (non-hydrogen) atoms. The van der Waals surface area contributed by atoms with Gasteiger partial charge in [0.1, 0.15) is 23.9 Å². The molecule has 3 unspecified atom stereocenters. The number of aliphatic hydroxyl groups excluding tert-OH is 2. The molecule has 0 aromatic heterocycles. The van der Waals surface area contributed by atoms with E-state index in [1.807, 2.05) is 0 Å². The number of hydrogen-bond acceptors (Lipinski definition) is 14. The van der Waals surface area contributed by atoms with Gasteiger partial charge in [0, 0.05) is 37.7 Å². The zero-order valence-electron chi connectivity index (χ0n) is 35.2. The Kier molecular flexibility index (Phi) is 11.8. The van der Waals surface area contributed by atoms with Gasteiger partial charge in [-0.05, 0) is 54.8 Å². The van der Waals surface area contributed by atoms with Gasteiger partial charge in [-0.25, -0.2) is 9.59 Å². The Morgan fingerprint density at radius 1 is 0.823 bits per heavy atom. The topological polar surface area (TPSA) is 221 Å². The summed E-state index contributed by atoms with van der Waals surface area (Å²) in [7, 11) is 0. The van der Waals surface area contributed by atoms with Gasteiger partial charge in [0.2, 0.25) is 0 Å². The monoisotopic (exact) mass is 853 g/mol. The van der Waals surface area contributed by atoms with E-state index in [9.17, 15) is 39.3 Å². The summed E-state index contributed by atoms with van der Waals surface area (Å²) in [5.74, 6) is -6.84. The first-order chi connectivity index (χ1) is 29.3. The number of esters is 4. The summed E-state index contributed by atoms with van der Waals surface area (Å²) in [6.07, 6.45) is -10.5. The standard InChI is InChI=1S/C47H51NO14/c1-25-31(60-43(56)36(52)35(28-16-10-7-11-17-28)48-41(54)29-18-12-8-13-19-29)23-47(57)40(61-42(55)30-20-14-9-15-21-30)38-45(6,32(51)22-33-46(38,24-58-33)62-27(3)50)39(53)37(59-26(2)49)34(25)44(47,4)5/h7-21,31-33,35-38,40,51-52,57H,22-24H2,1-6H3,(H,48,54)/t31?,32-,33+,35-,36+,37+,38?,40?,45+,46-,47+/m0/s1. The molecule has 3 fully saturated rings. The van der Waals surface area contributed by atoms with Crippen LogP contribution >= 0.6 is 0 Å². The molecule has 7 rings (SSSR count). The lowest BCUT2D eigenvalue weighted by Crippen LogP contribution is -2.82. The van der Waals surface area contributed by atoms with E-state index < -0.39 is 113 Å². The Morgan fingerprint density at radius 3 is 1.95 bits per heavy atom. The van der Waals surface area contributed by atoms with Gasteiger partial charge in [-0.1, -0.05) is 80.6 Å². The fourth-order valence-electron chi connectivity index (χ4n) is 10.2. The second kappa shape index (κ2) is 16.5. The van der Waals surface area contributed by atoms with Gasteiger partial charge < -0.3 is 44.3 Å². The van der Waals surface area contributed by atoms with Gasteiger partial charge in [0.05, 0.1) is 35.6 Å². The Balaban J connectivity index is 1.39. The van der Waals surface area contributed by atoms with Crippen LogP contribution in [0.5, 0.6) is 0 Å². The van der Waals surface area contributed by atoms with Crippen LogP contribution in [0.25, 0.3) is 0 Å². The third-order valence-corrected chi connectivity index (χ3v) is 13.5. The Hall–Kier alpha value is -5.74. The third-order valence-electron chi connectivity index (χ3n) is 13.5. The van der Waals surface area contributed by atoms with Crippen molar-refractivity contribution >= 4 is 35.6 Å². The average Bonchev–Trinajstić information content (AvgIpc) is 3.24. The fraction of sp³-hybridized carbons (Fsp3) is 0.447. The second-order valence-corrected chi connectivity index (χ2v) is 17.4. The maximum absolute atomic E-state index is 15.5. The van der Waals surface area contributed by atoms with Crippen molar-refractivity contribution in [1.29, 1.82) is 0 Å². The van der Waals surface area contributed by atoms with Crippen molar-refractivity contribution in [3.63, 3.8) is 0 Å². The van der Waals surface area contributed by atoms with E-state index in [0.717, 1.165) is 13.8 Å². The van der Waals surface area contributed by atoms with Crippen LogP contribution in [0.15, 0.2) is 102 Å². The van der Waals surface area contributed by atoms with Crippen LogP contribution in [0.2, 0.25) is 0 Å². The number of benzene rings is 3. The zero-order chi connectivity index (χ0) is 44.9. The normalized spacial score (nSPS) is 31.9. The molecule has 1 amide bonds. The third kappa shape index (κ3) is 7.29. The highest BCUT2D eigenvalue weighted by molar-refractivity contribution is 5.96. The molecule has 2 bridgehead atoms. The van der Waals surface area contributed by atoms with Crippen molar-refractivity contribution in [2.75, 3.05) is 6.61 Å². The largest absolute Gasteiger partial charge is 0.456 e. The van der Waals surface area contributed by atoms with Crippen LogP contribution in [-0.2, 0) is 42.9 Å². The molecule has 3 aromatic rings. The predicted molar refractivity (Wildman–Crippen MR) is 218 cm³/mol. The minimum atomic E-state index is -2.39. The molecular formula is C47H51NO14. The highest BCUT2D eigenvalue weighted by Crippen LogP contribution is 2.64. The van der Waals surface area contributed by atoms with E-state index in [-0.39, 0.29) is 35.3 Å². The molecule has 0 spiro atoms. The first kappa shape index (κ1) is 44.3. The number of carbonyl (C=O) groups is 6. The van der Waals surface area contributed by atoms with E-state index in [4.69, 9.17) is 23.7 Å². The lowest BCUT2D eigenvalue weighted by atomic mass is 9.44. The Morgan fingerprint density at radius 2 is 1.40 bits per heavy atom. The number of ether oxygens (including phenoxy) is 5. The Labute approximate surface area is 358 Å². The van der Waals surface area contributed by atoms with E-state index >= 15 is 4.79 Å². The van der Waals surface area contributed by atoms with Gasteiger partial charge in [-0.2, -0.15) is 0 Å². The number of fused-ring (bicyclic) bond motifs is 5. The molecule has 4 aliphatic rings. The molecule has 1 saturated heterocycles. The summed E-state index contributed by atoms with van der Waals surface area (Å²) in [6, 6.07) is 22.9. The summed E-state index contributed by atoms with van der Waals surface area (Å²) in [6.45, 7) is 7.97. The van der Waals surface area contributed by atoms with Crippen LogP contribution in [0.1, 0.15) is 86.7 Å². The number of carbonyl (C=O) groups excluding carboxylic acids is 6. The molecule has 11 atom stereocenters. The quantitative estimate of drug-likeness (QED) is 0.130. The van der Waals surface area contributed by atoms with E-state index in [1.54, 1.807) is 92.7 Å². The van der Waals surface area contributed by atoms with Crippen LogP contribution in [0.4, 0.5) is 0 Å². The number of amides is 1. The van der Waals surface area contributed by atoms with Crippen LogP contribution in [-0.4, -0.2) is 105 Å². The van der Waals surface area contributed by atoms with Gasteiger partial charge in [0.15, 0.2) is 23.6 Å². The maximum Gasteiger partial charge on any atom is 0.338 e. The van der Waals surface area contributed by atoms with E-state index in [2.05, 4.69) is 5.32 Å². The number of hydrogen-bond donors (Lipinski definition) is 4. The molecule has 1 heterocycles. The molecule has 1 aliphatic heterocycles. The molecule has 3 aliphatic carbocycles. The van der Waals surface area contributed by atoms with Crippen LogP contribution in [0, 0.1) is 16.7 Å². The highest BCUT2D eigenvalue weighted by Gasteiger charge is 2.78. The summed E-state index contributed by atoms with van der Waals surface area (Å²) < 4.78 is 30.3. The summed E-state index contributed by atoms with van der Waals surface area (Å²) in [4.78, 5) is 83.5. The SMILES string of the molecule is CC(=O)O[C@H]1C(=O)[C@@]2(C)C(C(OC(=O)c3ccccc3)[C@]3(O)CC(OC(=O)[C@H](O)[C@@H](NC(=O)c4ccccc4)c4ccccc4)C(C)=C1C3(C)C)[C@]1(OC(C)=O)CO[C@@H]1C[C@@H]2O. The minimum absolute atomic E-state index is 0.00289. The van der Waals surface area contributed by atoms with Crippen molar-refractivity contribution in [2.45, 2.75) is 108 Å². The number of ketones is 1. The van der Waals surface area contributed by atoms with Crippen molar-refractivity contribution < 1.29 is 67.8 Å². The second-order valence-electron chi connectivity index (χ2n) is 17.4. The minimum Gasteiger partial charge on any atom is -0.456 e. The highest BCUT2D eigenvalue weighted by atomic mass is 16.6. The van der Waals surface area contributed by atoms with Crippen LogP contribution < -0.4 is 5.32 Å². The molecule has 4 N–H and O–H groups in total. The van der Waals surface area contributed by atoms with E-state index in [1.165, 1.54) is 26.0 Å². The van der Waals surface area contributed by atoms with Crippen LogP contribution in [0.3, 0.4) is 0 Å². The molecular weight excluding hydrogens is 803 g/mol. The number of aliphatic hydroxyl groups is 3. The smallest absolute Gasteiger partial charge is 0.338 e. The first-order valence-electron chi connectivity index (χ1n) is 20.5. The molecule has 15 nitrogen and oxygen atoms in total. The molecule has 2 saturated carbocycles. The van der Waals surface area contributed by atoms with Crippen molar-refractivity contribution in [2.24, 2.45) is 16.7 Å². The number of nitrogens with one attached hydrogen (secondary N) is 1. The summed E-state index contributed by atoms with van der Waals surface area (Å²) >= 11 is 0. The van der Waals surface area contributed by atoms with Gasteiger partial charge in [-0.3, -0.25) is 19.2 Å². The lowest BCUT2D eigenvalue weighted by Gasteiger charge is -2.67. The molecule has 15 heteroatoms. The number of rotatable bonds is 10. The average molecular weight is 854 g/mol. The number of Topliss-reactive ketones (excluding diaryl/α,β-unsaturated/α-hetero) is 1. The van der Waals surface area contributed by atoms with Crippen molar-refractivity contribution in [3.8, 4) is 0 Å². The zero-order valence-corrected chi connectivity index (χ0v) is 35.2. The van der Waals surface area contributed by atoms with E-state index in [0.29, 0.717) is 5.56 Å². The maximum atomic E-state index is 15.5. The summed E-state index contributed by atoms with van der Waals surface area (Å²) in [5.41, 5.74) is -7.02. The fourth-order valence-corrected chi connectivity index (χ4v) is 10.2. The summed E-state index contributed by atoms with van der Waals surface area (Å²) in [5, 5.41) is 40.2. The van der Waals surface area contributed by atoms with Gasteiger partial charge >= 0.3 is 23.9 Å². The molecule has 328 valence electrons. The van der Waals surface area contributed by atoms with Crippen molar-refractivity contribution in [3.05, 3.63) is 119 Å². The molecule has 3 aromatic carbocycles. The van der Waals surface area contributed by atoms with Gasteiger partial charge in [0.25, 0.3) is 5.91 Å². The lowest BCUT2D eigenvalue weighted by molar-refractivity contribution is -0.346. The van der Waals surface area contributed by atoms with Crippen molar-refractivity contribution in [1.82, 2.24) is 5.32 Å². The van der Waals surface area contributed by atoms with Gasteiger partial charge in [-0.15, -0.1) is 0 Å².